The van der Waals surface area contributed by atoms with E-state index in [1.165, 1.54) is 0 Å². The van der Waals surface area contributed by atoms with Crippen LogP contribution in [-0.4, -0.2) is 19.0 Å². The lowest BCUT2D eigenvalue weighted by atomic mass is 10.2. The van der Waals surface area contributed by atoms with E-state index in [4.69, 9.17) is 5.73 Å². The Morgan fingerprint density at radius 2 is 2.21 bits per heavy atom. The topological polar surface area (TPSA) is 67.2 Å². The van der Waals surface area contributed by atoms with Gasteiger partial charge in [0, 0.05) is 18.4 Å². The van der Waals surface area contributed by atoms with Crippen molar-refractivity contribution in [3.05, 3.63) is 24.3 Å². The van der Waals surface area contributed by atoms with Gasteiger partial charge in [0.05, 0.1) is 0 Å². The van der Waals surface area contributed by atoms with Crippen LogP contribution in [0, 0.1) is 0 Å². The van der Waals surface area contributed by atoms with Crippen molar-refractivity contribution in [3.8, 4) is 0 Å². The number of anilines is 2. The number of hydrogen-bond acceptors (Lipinski definition) is 3. The standard InChI is InChI=1S/C10H15N3O/c1-7(10(14)12-2)13-9-5-3-4-8(11)6-9/h3-7,13H,11H2,1-2H3,(H,12,14). The molecule has 76 valence electrons. The molecule has 14 heavy (non-hydrogen) atoms. The van der Waals surface area contributed by atoms with Gasteiger partial charge < -0.3 is 16.4 Å². The largest absolute Gasteiger partial charge is 0.399 e. The van der Waals surface area contributed by atoms with E-state index in [1.807, 2.05) is 12.1 Å². The summed E-state index contributed by atoms with van der Waals surface area (Å²) in [5.74, 6) is -0.0487. The van der Waals surface area contributed by atoms with Crippen molar-refractivity contribution in [2.45, 2.75) is 13.0 Å². The molecule has 0 saturated heterocycles. The SMILES string of the molecule is CNC(=O)C(C)Nc1cccc(N)c1. The molecule has 4 heteroatoms. The van der Waals surface area contributed by atoms with Gasteiger partial charge in [-0.2, -0.15) is 0 Å². The zero-order chi connectivity index (χ0) is 10.6. The number of rotatable bonds is 3. The maximum atomic E-state index is 11.2. The Balaban J connectivity index is 2.64. The monoisotopic (exact) mass is 193 g/mol. The minimum Gasteiger partial charge on any atom is -0.399 e. The summed E-state index contributed by atoms with van der Waals surface area (Å²) in [6, 6.07) is 7.04. The first-order chi connectivity index (χ1) is 6.63. The van der Waals surface area contributed by atoms with E-state index >= 15 is 0 Å². The Bertz CT molecular complexity index is 325. The van der Waals surface area contributed by atoms with Crippen molar-refractivity contribution >= 4 is 17.3 Å². The quantitative estimate of drug-likeness (QED) is 0.622. The normalized spacial score (nSPS) is 11.9. The van der Waals surface area contributed by atoms with Crippen molar-refractivity contribution in [2.24, 2.45) is 0 Å². The zero-order valence-electron chi connectivity index (χ0n) is 8.37. The fourth-order valence-electron chi connectivity index (χ4n) is 1.16. The van der Waals surface area contributed by atoms with Crippen molar-refractivity contribution in [3.63, 3.8) is 0 Å². The third-order valence-corrected chi connectivity index (χ3v) is 1.91. The van der Waals surface area contributed by atoms with Crippen molar-refractivity contribution in [1.82, 2.24) is 5.32 Å². The van der Waals surface area contributed by atoms with Gasteiger partial charge >= 0.3 is 0 Å². The molecule has 0 radical (unpaired) electrons. The summed E-state index contributed by atoms with van der Waals surface area (Å²) in [6.07, 6.45) is 0. The van der Waals surface area contributed by atoms with Gasteiger partial charge in [-0.25, -0.2) is 0 Å². The van der Waals surface area contributed by atoms with Gasteiger partial charge in [-0.1, -0.05) is 6.07 Å². The molecule has 0 aliphatic carbocycles. The predicted molar refractivity (Wildman–Crippen MR) is 58.0 cm³/mol. The average molecular weight is 193 g/mol. The number of amides is 1. The Labute approximate surface area is 83.5 Å². The molecule has 0 spiro atoms. The number of nitrogen functional groups attached to an aromatic ring is 1. The minimum atomic E-state index is -0.262. The molecule has 1 atom stereocenters. The van der Waals surface area contributed by atoms with Crippen LogP contribution in [0.25, 0.3) is 0 Å². The Morgan fingerprint density at radius 1 is 1.50 bits per heavy atom. The van der Waals surface area contributed by atoms with E-state index in [0.717, 1.165) is 5.69 Å². The van der Waals surface area contributed by atoms with Crippen LogP contribution in [0.1, 0.15) is 6.92 Å². The summed E-state index contributed by atoms with van der Waals surface area (Å²) in [7, 11) is 1.61. The van der Waals surface area contributed by atoms with Crippen molar-refractivity contribution in [1.29, 1.82) is 0 Å². The first-order valence-corrected chi connectivity index (χ1v) is 4.47. The third kappa shape index (κ3) is 2.65. The maximum absolute atomic E-state index is 11.2. The van der Waals surface area contributed by atoms with E-state index in [2.05, 4.69) is 10.6 Å². The lowest BCUT2D eigenvalue weighted by Crippen LogP contribution is -2.35. The van der Waals surface area contributed by atoms with E-state index in [0.29, 0.717) is 5.69 Å². The summed E-state index contributed by atoms with van der Waals surface area (Å²) < 4.78 is 0. The van der Waals surface area contributed by atoms with Crippen LogP contribution in [0.15, 0.2) is 24.3 Å². The van der Waals surface area contributed by atoms with Gasteiger partial charge in [-0.15, -0.1) is 0 Å². The smallest absolute Gasteiger partial charge is 0.241 e. The van der Waals surface area contributed by atoms with Gasteiger partial charge in [-0.3, -0.25) is 4.79 Å². The summed E-state index contributed by atoms with van der Waals surface area (Å²) in [5, 5.41) is 5.61. The highest BCUT2D eigenvalue weighted by atomic mass is 16.2. The third-order valence-electron chi connectivity index (χ3n) is 1.91. The second-order valence-electron chi connectivity index (χ2n) is 3.11. The fourth-order valence-corrected chi connectivity index (χ4v) is 1.16. The number of nitrogens with two attached hydrogens (primary N) is 1. The Kier molecular flexibility index (Phi) is 3.34. The molecular weight excluding hydrogens is 178 g/mol. The molecule has 0 bridgehead atoms. The Hall–Kier alpha value is -1.71. The molecule has 0 heterocycles. The second-order valence-corrected chi connectivity index (χ2v) is 3.11. The molecule has 1 rings (SSSR count). The molecule has 1 amide bonds. The van der Waals surface area contributed by atoms with Crippen LogP contribution >= 0.6 is 0 Å². The first-order valence-electron chi connectivity index (χ1n) is 4.47. The second kappa shape index (κ2) is 4.50. The van der Waals surface area contributed by atoms with Gasteiger partial charge in [-0.05, 0) is 25.1 Å². The molecule has 1 unspecified atom stereocenters. The number of benzene rings is 1. The molecule has 1 aromatic carbocycles. The average Bonchev–Trinajstić information content (AvgIpc) is 2.16. The molecule has 0 aromatic heterocycles. The molecule has 0 aliphatic heterocycles. The number of hydrogen-bond donors (Lipinski definition) is 3. The zero-order valence-corrected chi connectivity index (χ0v) is 8.37. The number of nitrogens with one attached hydrogen (secondary N) is 2. The van der Waals surface area contributed by atoms with Crippen molar-refractivity contribution in [2.75, 3.05) is 18.1 Å². The maximum Gasteiger partial charge on any atom is 0.241 e. The van der Waals surface area contributed by atoms with Crippen LogP contribution in [0.3, 0.4) is 0 Å². The molecule has 0 aliphatic rings. The van der Waals surface area contributed by atoms with Crippen LogP contribution in [0.2, 0.25) is 0 Å². The van der Waals surface area contributed by atoms with E-state index in [9.17, 15) is 4.79 Å². The van der Waals surface area contributed by atoms with Crippen LogP contribution < -0.4 is 16.4 Å². The highest BCUT2D eigenvalue weighted by Crippen LogP contribution is 2.12. The highest BCUT2D eigenvalue weighted by Gasteiger charge is 2.09. The molecule has 1 aromatic rings. The number of likely N-dealkylation sites (N-methyl/N-ethyl adjacent to an activating group) is 1. The van der Waals surface area contributed by atoms with E-state index in [1.54, 1.807) is 26.1 Å². The predicted octanol–water partition coefficient (Wildman–Crippen LogP) is 0.815. The lowest BCUT2D eigenvalue weighted by molar-refractivity contribution is -0.121. The molecule has 0 fully saturated rings. The molecule has 0 saturated carbocycles. The number of carbonyl (C=O) groups excluding carboxylic acids is 1. The van der Waals surface area contributed by atoms with Gasteiger partial charge in [0.25, 0.3) is 0 Å². The fraction of sp³-hybridized carbons (Fsp3) is 0.300. The summed E-state index contributed by atoms with van der Waals surface area (Å²) in [4.78, 5) is 11.2. The minimum absolute atomic E-state index is 0.0487. The van der Waals surface area contributed by atoms with Crippen LogP contribution in [-0.2, 0) is 4.79 Å². The van der Waals surface area contributed by atoms with Gasteiger partial charge in [0.1, 0.15) is 6.04 Å². The molecule has 4 N–H and O–H groups in total. The first kappa shape index (κ1) is 10.4. The molecular formula is C10H15N3O. The van der Waals surface area contributed by atoms with Crippen LogP contribution in [0.5, 0.6) is 0 Å². The van der Waals surface area contributed by atoms with E-state index in [-0.39, 0.29) is 11.9 Å². The lowest BCUT2D eigenvalue weighted by Gasteiger charge is -2.13. The summed E-state index contributed by atoms with van der Waals surface area (Å²) in [6.45, 7) is 1.79. The number of carbonyl (C=O) groups is 1. The van der Waals surface area contributed by atoms with E-state index < -0.39 is 0 Å². The Morgan fingerprint density at radius 3 is 2.79 bits per heavy atom. The van der Waals surface area contributed by atoms with Crippen LogP contribution in [0.4, 0.5) is 11.4 Å². The van der Waals surface area contributed by atoms with Gasteiger partial charge in [0.2, 0.25) is 5.91 Å². The van der Waals surface area contributed by atoms with Crippen molar-refractivity contribution < 1.29 is 4.79 Å². The summed E-state index contributed by atoms with van der Waals surface area (Å²) in [5.41, 5.74) is 7.13. The molecule has 4 nitrogen and oxygen atoms in total. The summed E-state index contributed by atoms with van der Waals surface area (Å²) >= 11 is 0. The highest BCUT2D eigenvalue weighted by molar-refractivity contribution is 5.84. The van der Waals surface area contributed by atoms with Gasteiger partial charge in [0.15, 0.2) is 0 Å².